The first-order valence-corrected chi connectivity index (χ1v) is 11.5. The molecule has 1 aromatic carbocycles. The number of hydrogen-bond donors (Lipinski definition) is 0. The van der Waals surface area contributed by atoms with Crippen molar-refractivity contribution < 1.29 is 4.79 Å². The van der Waals surface area contributed by atoms with Crippen LogP contribution in [0.15, 0.2) is 42.9 Å². The summed E-state index contributed by atoms with van der Waals surface area (Å²) in [6, 6.07) is 8.92. The second-order valence-corrected chi connectivity index (χ2v) is 8.96. The second kappa shape index (κ2) is 8.65. The summed E-state index contributed by atoms with van der Waals surface area (Å²) >= 11 is 1.79. The molecule has 4 heterocycles. The number of para-hydroxylation sites is 1. The van der Waals surface area contributed by atoms with Gasteiger partial charge in [-0.3, -0.25) is 14.7 Å². The van der Waals surface area contributed by atoms with Gasteiger partial charge >= 0.3 is 0 Å². The molecule has 0 N–H and O–H groups in total. The summed E-state index contributed by atoms with van der Waals surface area (Å²) in [4.78, 5) is 32.6. The minimum absolute atomic E-state index is 0.000530. The zero-order valence-corrected chi connectivity index (χ0v) is 17.8. The standard InChI is InChI=1S/C22H26N6OS/c29-21(19-16-23-8-9-24-19)27-12-6-17(7-13-27)26-10-3-11-28(15-14-26)22-25-18-4-1-2-5-20(18)30-22/h1-2,4-5,8-9,16-17H,3,6-7,10-15H2. The summed E-state index contributed by atoms with van der Waals surface area (Å²) in [5.41, 5.74) is 1.54. The average Bonchev–Trinajstić information content (AvgIpc) is 3.09. The number of aromatic nitrogens is 3. The fourth-order valence-corrected chi connectivity index (χ4v) is 5.51. The Morgan fingerprint density at radius 2 is 1.87 bits per heavy atom. The van der Waals surface area contributed by atoms with Crippen LogP contribution in [0.25, 0.3) is 10.2 Å². The molecule has 2 aliphatic heterocycles. The topological polar surface area (TPSA) is 65.5 Å². The zero-order valence-electron chi connectivity index (χ0n) is 17.0. The lowest BCUT2D eigenvalue weighted by Crippen LogP contribution is -2.47. The van der Waals surface area contributed by atoms with Gasteiger partial charge in [0.15, 0.2) is 5.13 Å². The number of likely N-dealkylation sites (tertiary alicyclic amines) is 1. The average molecular weight is 423 g/mol. The lowest BCUT2D eigenvalue weighted by Gasteiger charge is -2.38. The Kier molecular flexibility index (Phi) is 5.59. The third-order valence-corrected chi connectivity index (χ3v) is 7.23. The molecule has 2 aromatic heterocycles. The van der Waals surface area contributed by atoms with Gasteiger partial charge < -0.3 is 9.80 Å². The summed E-state index contributed by atoms with van der Waals surface area (Å²) in [6.07, 6.45) is 7.92. The number of amides is 1. The van der Waals surface area contributed by atoms with E-state index in [1.165, 1.54) is 4.70 Å². The molecule has 0 saturated carbocycles. The van der Waals surface area contributed by atoms with Crippen molar-refractivity contribution in [2.75, 3.05) is 44.2 Å². The maximum Gasteiger partial charge on any atom is 0.274 e. The van der Waals surface area contributed by atoms with Crippen molar-refractivity contribution in [1.82, 2.24) is 24.8 Å². The second-order valence-electron chi connectivity index (χ2n) is 7.95. The number of thiazole rings is 1. The van der Waals surface area contributed by atoms with Crippen molar-refractivity contribution in [1.29, 1.82) is 0 Å². The van der Waals surface area contributed by atoms with Gasteiger partial charge in [0.1, 0.15) is 5.69 Å². The van der Waals surface area contributed by atoms with Gasteiger partial charge in [-0.05, 0) is 31.4 Å². The third-order valence-electron chi connectivity index (χ3n) is 6.13. The molecule has 2 saturated heterocycles. The van der Waals surface area contributed by atoms with Crippen molar-refractivity contribution in [3.8, 4) is 0 Å². The van der Waals surface area contributed by atoms with E-state index in [1.54, 1.807) is 29.9 Å². The van der Waals surface area contributed by atoms with Gasteiger partial charge in [0.25, 0.3) is 5.91 Å². The highest BCUT2D eigenvalue weighted by Gasteiger charge is 2.29. The maximum absolute atomic E-state index is 12.6. The van der Waals surface area contributed by atoms with Gasteiger partial charge in [-0.1, -0.05) is 23.5 Å². The van der Waals surface area contributed by atoms with Crippen LogP contribution in [-0.2, 0) is 0 Å². The first-order chi connectivity index (χ1) is 14.8. The minimum atomic E-state index is -0.000530. The highest BCUT2D eigenvalue weighted by Crippen LogP contribution is 2.29. The van der Waals surface area contributed by atoms with E-state index in [9.17, 15) is 4.79 Å². The molecule has 0 unspecified atom stereocenters. The number of fused-ring (bicyclic) bond motifs is 1. The van der Waals surface area contributed by atoms with Crippen LogP contribution in [0.1, 0.15) is 29.8 Å². The van der Waals surface area contributed by atoms with E-state index in [2.05, 4.69) is 44.0 Å². The Hall–Kier alpha value is -2.58. The number of carbonyl (C=O) groups is 1. The van der Waals surface area contributed by atoms with Crippen LogP contribution in [0.5, 0.6) is 0 Å². The largest absolute Gasteiger partial charge is 0.347 e. The monoisotopic (exact) mass is 422 g/mol. The molecule has 156 valence electrons. The van der Waals surface area contributed by atoms with Crippen LogP contribution in [0.2, 0.25) is 0 Å². The molecule has 0 spiro atoms. The van der Waals surface area contributed by atoms with Crippen molar-refractivity contribution >= 4 is 32.6 Å². The molecule has 1 amide bonds. The van der Waals surface area contributed by atoms with Gasteiger partial charge in [0.05, 0.1) is 16.4 Å². The van der Waals surface area contributed by atoms with E-state index in [4.69, 9.17) is 4.98 Å². The molecule has 30 heavy (non-hydrogen) atoms. The third kappa shape index (κ3) is 4.02. The van der Waals surface area contributed by atoms with E-state index in [-0.39, 0.29) is 5.91 Å². The molecule has 2 fully saturated rings. The molecular weight excluding hydrogens is 396 g/mol. The lowest BCUT2D eigenvalue weighted by molar-refractivity contribution is 0.0621. The fraction of sp³-hybridized carbons (Fsp3) is 0.455. The number of hydrogen-bond acceptors (Lipinski definition) is 7. The SMILES string of the molecule is O=C(c1cnccn1)N1CCC(N2CCCN(c3nc4ccccc4s3)CC2)CC1. The summed E-state index contributed by atoms with van der Waals surface area (Å²) in [6.45, 7) is 5.82. The molecule has 5 rings (SSSR count). The first-order valence-electron chi connectivity index (χ1n) is 10.7. The highest BCUT2D eigenvalue weighted by atomic mass is 32.1. The number of nitrogens with zero attached hydrogens (tertiary/aromatic N) is 6. The predicted molar refractivity (Wildman–Crippen MR) is 119 cm³/mol. The number of benzene rings is 1. The van der Waals surface area contributed by atoms with Gasteiger partial charge in [-0.25, -0.2) is 9.97 Å². The van der Waals surface area contributed by atoms with Crippen LogP contribution in [0.3, 0.4) is 0 Å². The smallest absolute Gasteiger partial charge is 0.274 e. The van der Waals surface area contributed by atoms with E-state index < -0.39 is 0 Å². The van der Waals surface area contributed by atoms with Gasteiger partial charge in [-0.15, -0.1) is 0 Å². The molecule has 0 radical (unpaired) electrons. The number of rotatable bonds is 3. The molecule has 3 aromatic rings. The van der Waals surface area contributed by atoms with Gasteiger partial charge in [0.2, 0.25) is 0 Å². The molecule has 7 nitrogen and oxygen atoms in total. The Morgan fingerprint density at radius 1 is 1.00 bits per heavy atom. The molecular formula is C22H26N6OS. The highest BCUT2D eigenvalue weighted by molar-refractivity contribution is 7.22. The predicted octanol–water partition coefficient (Wildman–Crippen LogP) is 2.90. The Labute approximate surface area is 180 Å². The molecule has 0 aliphatic carbocycles. The Balaban J connectivity index is 1.17. The van der Waals surface area contributed by atoms with Crippen LogP contribution in [0.4, 0.5) is 5.13 Å². The summed E-state index contributed by atoms with van der Waals surface area (Å²) in [5.74, 6) is -0.000530. The Morgan fingerprint density at radius 3 is 2.67 bits per heavy atom. The Bertz CT molecular complexity index is 968. The quantitative estimate of drug-likeness (QED) is 0.647. The van der Waals surface area contributed by atoms with Crippen molar-refractivity contribution in [3.05, 3.63) is 48.5 Å². The zero-order chi connectivity index (χ0) is 20.3. The number of anilines is 1. The minimum Gasteiger partial charge on any atom is -0.347 e. The molecule has 2 aliphatic rings. The van der Waals surface area contributed by atoms with E-state index >= 15 is 0 Å². The maximum atomic E-state index is 12.6. The fourth-order valence-electron chi connectivity index (χ4n) is 4.49. The van der Waals surface area contributed by atoms with E-state index in [0.29, 0.717) is 11.7 Å². The summed E-state index contributed by atoms with van der Waals surface area (Å²) < 4.78 is 1.26. The first kappa shape index (κ1) is 19.4. The van der Waals surface area contributed by atoms with Crippen molar-refractivity contribution in [3.63, 3.8) is 0 Å². The normalized spacial score (nSPS) is 19.2. The molecule has 8 heteroatoms. The van der Waals surface area contributed by atoms with Gasteiger partial charge in [0, 0.05) is 57.7 Å². The van der Waals surface area contributed by atoms with Crippen LogP contribution < -0.4 is 4.90 Å². The molecule has 0 atom stereocenters. The van der Waals surface area contributed by atoms with E-state index in [0.717, 1.165) is 69.2 Å². The summed E-state index contributed by atoms with van der Waals surface area (Å²) in [5, 5.41) is 1.14. The van der Waals surface area contributed by atoms with E-state index in [1.807, 2.05) is 4.90 Å². The van der Waals surface area contributed by atoms with Crippen LogP contribution in [-0.4, -0.2) is 76.0 Å². The van der Waals surface area contributed by atoms with Gasteiger partial charge in [-0.2, -0.15) is 0 Å². The molecule has 0 bridgehead atoms. The number of piperidine rings is 1. The van der Waals surface area contributed by atoms with Crippen molar-refractivity contribution in [2.24, 2.45) is 0 Å². The number of carbonyl (C=O) groups excluding carboxylic acids is 1. The lowest BCUT2D eigenvalue weighted by atomic mass is 10.0. The summed E-state index contributed by atoms with van der Waals surface area (Å²) in [7, 11) is 0. The van der Waals surface area contributed by atoms with Crippen LogP contribution >= 0.6 is 11.3 Å². The van der Waals surface area contributed by atoms with Crippen LogP contribution in [0, 0.1) is 0 Å². The van der Waals surface area contributed by atoms with Crippen molar-refractivity contribution in [2.45, 2.75) is 25.3 Å².